The number of halogens is 1. The second kappa shape index (κ2) is 14.3. The van der Waals surface area contributed by atoms with Gasteiger partial charge in [0.2, 0.25) is 5.91 Å². The molecule has 2 heterocycles. The number of hydrogen-bond donors (Lipinski definition) is 0. The average molecular weight is 596 g/mol. The Morgan fingerprint density at radius 1 is 0.955 bits per heavy atom. The standard InChI is InChI=1S/C36H38FN3O4/c1-3-44-36(43)34-26(2)40(33(41)24-32(34)29-14-16-31(37)17-15-29)25-28-11-7-13-30(23-28)35(42)39-21-19-38(20-22-39)18-8-12-27-9-5-4-6-10-27/h4-17,23,32H,3,18-22,24-25H2,1-2H3/b12-8+. The molecule has 0 bridgehead atoms. The van der Waals surface area contributed by atoms with E-state index in [1.54, 1.807) is 36.9 Å². The highest BCUT2D eigenvalue weighted by Crippen LogP contribution is 2.38. The molecule has 5 rings (SSSR count). The van der Waals surface area contributed by atoms with Gasteiger partial charge in [0, 0.05) is 56.3 Å². The minimum Gasteiger partial charge on any atom is -0.463 e. The van der Waals surface area contributed by atoms with Crippen molar-refractivity contribution in [2.75, 3.05) is 39.3 Å². The molecule has 1 unspecified atom stereocenters. The summed E-state index contributed by atoms with van der Waals surface area (Å²) in [5.41, 5.74) is 4.10. The number of nitrogens with zero attached hydrogens (tertiary/aromatic N) is 3. The fourth-order valence-electron chi connectivity index (χ4n) is 5.86. The predicted molar refractivity (Wildman–Crippen MR) is 168 cm³/mol. The van der Waals surface area contributed by atoms with Crippen LogP contribution in [0.4, 0.5) is 4.39 Å². The molecule has 0 radical (unpaired) electrons. The predicted octanol–water partition coefficient (Wildman–Crippen LogP) is 5.65. The molecule has 7 nitrogen and oxygen atoms in total. The van der Waals surface area contributed by atoms with E-state index in [0.29, 0.717) is 35.5 Å². The molecule has 44 heavy (non-hydrogen) atoms. The van der Waals surface area contributed by atoms with Crippen molar-refractivity contribution < 1.29 is 23.5 Å². The van der Waals surface area contributed by atoms with Crippen LogP contribution in [0.1, 0.15) is 53.2 Å². The number of piperazine rings is 1. The van der Waals surface area contributed by atoms with Gasteiger partial charge in [0.05, 0.1) is 18.7 Å². The Bertz CT molecular complexity index is 1540. The Labute approximate surface area is 258 Å². The third kappa shape index (κ3) is 7.32. The summed E-state index contributed by atoms with van der Waals surface area (Å²) in [5.74, 6) is -1.59. The van der Waals surface area contributed by atoms with Gasteiger partial charge in [-0.1, -0.05) is 66.7 Å². The van der Waals surface area contributed by atoms with Crippen LogP contribution >= 0.6 is 0 Å². The second-order valence-electron chi connectivity index (χ2n) is 11.1. The highest BCUT2D eigenvalue weighted by Gasteiger charge is 2.37. The van der Waals surface area contributed by atoms with Crippen molar-refractivity contribution in [3.8, 4) is 0 Å². The van der Waals surface area contributed by atoms with Gasteiger partial charge in [0.1, 0.15) is 5.82 Å². The van der Waals surface area contributed by atoms with Crippen LogP contribution in [-0.2, 0) is 20.9 Å². The molecule has 0 saturated carbocycles. The van der Waals surface area contributed by atoms with Crippen molar-refractivity contribution in [1.82, 2.24) is 14.7 Å². The van der Waals surface area contributed by atoms with Crippen molar-refractivity contribution >= 4 is 23.9 Å². The van der Waals surface area contributed by atoms with Crippen LogP contribution in [0.25, 0.3) is 6.08 Å². The summed E-state index contributed by atoms with van der Waals surface area (Å²) in [6, 6.07) is 23.4. The maximum absolute atomic E-state index is 13.6. The first kappa shape index (κ1) is 30.9. The van der Waals surface area contributed by atoms with E-state index < -0.39 is 11.9 Å². The molecule has 8 heteroatoms. The number of hydrogen-bond acceptors (Lipinski definition) is 5. The van der Waals surface area contributed by atoms with Crippen LogP contribution in [0.5, 0.6) is 0 Å². The van der Waals surface area contributed by atoms with Crippen LogP contribution in [0.3, 0.4) is 0 Å². The number of allylic oxidation sites excluding steroid dienone is 1. The molecule has 1 atom stereocenters. The Hall–Kier alpha value is -4.56. The van der Waals surface area contributed by atoms with Gasteiger partial charge in [-0.3, -0.25) is 14.5 Å². The molecule has 2 amide bonds. The number of benzene rings is 3. The number of esters is 1. The van der Waals surface area contributed by atoms with Gasteiger partial charge in [0.25, 0.3) is 5.91 Å². The molecule has 2 aliphatic rings. The second-order valence-corrected chi connectivity index (χ2v) is 11.1. The number of carbonyl (C=O) groups is 3. The molecular weight excluding hydrogens is 557 g/mol. The van der Waals surface area contributed by atoms with E-state index in [2.05, 4.69) is 29.2 Å². The highest BCUT2D eigenvalue weighted by atomic mass is 19.1. The maximum Gasteiger partial charge on any atom is 0.336 e. The normalized spacial score (nSPS) is 17.8. The van der Waals surface area contributed by atoms with Gasteiger partial charge in [-0.05, 0) is 54.8 Å². The summed E-state index contributed by atoms with van der Waals surface area (Å²) in [7, 11) is 0. The number of carbonyl (C=O) groups excluding carboxylic acids is 3. The SMILES string of the molecule is CCOC(=O)C1=C(C)N(Cc2cccc(C(=O)N3CCN(C/C=C/c4ccccc4)CC3)c2)C(=O)CC1c1ccc(F)cc1. The number of amides is 2. The Balaban J connectivity index is 1.26. The lowest BCUT2D eigenvalue weighted by atomic mass is 9.83. The molecule has 1 fully saturated rings. The average Bonchev–Trinajstić information content (AvgIpc) is 3.04. The summed E-state index contributed by atoms with van der Waals surface area (Å²) >= 11 is 0. The molecule has 0 aromatic heterocycles. The highest BCUT2D eigenvalue weighted by molar-refractivity contribution is 5.96. The van der Waals surface area contributed by atoms with E-state index >= 15 is 0 Å². The third-order valence-corrected chi connectivity index (χ3v) is 8.24. The fraction of sp³-hybridized carbons (Fsp3) is 0.306. The first-order valence-corrected chi connectivity index (χ1v) is 15.1. The van der Waals surface area contributed by atoms with Crippen LogP contribution in [0.15, 0.2) is 96.2 Å². The Kier molecular flexibility index (Phi) is 10.0. The van der Waals surface area contributed by atoms with Crippen molar-refractivity contribution in [3.05, 3.63) is 124 Å². The van der Waals surface area contributed by atoms with Crippen LogP contribution in [0, 0.1) is 5.82 Å². The zero-order valence-electron chi connectivity index (χ0n) is 25.2. The molecule has 0 spiro atoms. The van der Waals surface area contributed by atoms with E-state index in [1.807, 2.05) is 41.3 Å². The lowest BCUT2D eigenvalue weighted by molar-refractivity contribution is -0.140. The van der Waals surface area contributed by atoms with Crippen molar-refractivity contribution in [2.45, 2.75) is 32.7 Å². The molecule has 3 aromatic carbocycles. The topological polar surface area (TPSA) is 70.2 Å². The molecular formula is C36H38FN3O4. The summed E-state index contributed by atoms with van der Waals surface area (Å²) in [6.07, 6.45) is 4.33. The molecule has 228 valence electrons. The van der Waals surface area contributed by atoms with E-state index in [4.69, 9.17) is 4.74 Å². The van der Waals surface area contributed by atoms with Gasteiger partial charge in [-0.15, -0.1) is 0 Å². The lowest BCUT2D eigenvalue weighted by Crippen LogP contribution is -2.48. The van der Waals surface area contributed by atoms with E-state index in [-0.39, 0.29) is 37.2 Å². The van der Waals surface area contributed by atoms with Crippen molar-refractivity contribution in [3.63, 3.8) is 0 Å². The van der Waals surface area contributed by atoms with Crippen LogP contribution < -0.4 is 0 Å². The molecule has 3 aromatic rings. The monoisotopic (exact) mass is 595 g/mol. The van der Waals surface area contributed by atoms with E-state index in [0.717, 1.165) is 25.2 Å². The summed E-state index contributed by atoms with van der Waals surface area (Å²) in [6.45, 7) is 7.59. The van der Waals surface area contributed by atoms with Gasteiger partial charge < -0.3 is 14.5 Å². The quantitative estimate of drug-likeness (QED) is 0.299. The minimum atomic E-state index is -0.529. The molecule has 0 aliphatic carbocycles. The fourth-order valence-corrected chi connectivity index (χ4v) is 5.86. The number of rotatable bonds is 9. The zero-order valence-corrected chi connectivity index (χ0v) is 25.2. The van der Waals surface area contributed by atoms with Gasteiger partial charge in [-0.25, -0.2) is 9.18 Å². The number of ether oxygens (including phenoxy) is 1. The molecule has 0 N–H and O–H groups in total. The Morgan fingerprint density at radius 2 is 1.68 bits per heavy atom. The van der Waals surface area contributed by atoms with E-state index in [9.17, 15) is 18.8 Å². The van der Waals surface area contributed by atoms with Gasteiger partial charge in [0.15, 0.2) is 0 Å². The summed E-state index contributed by atoms with van der Waals surface area (Å²) in [5, 5.41) is 0. The van der Waals surface area contributed by atoms with Crippen LogP contribution in [-0.4, -0.2) is 71.8 Å². The van der Waals surface area contributed by atoms with Gasteiger partial charge >= 0.3 is 5.97 Å². The maximum atomic E-state index is 13.6. The van der Waals surface area contributed by atoms with E-state index in [1.165, 1.54) is 17.7 Å². The minimum absolute atomic E-state index is 0.0350. The van der Waals surface area contributed by atoms with Crippen LogP contribution in [0.2, 0.25) is 0 Å². The first-order valence-electron chi connectivity index (χ1n) is 15.1. The van der Waals surface area contributed by atoms with Crippen molar-refractivity contribution in [2.24, 2.45) is 0 Å². The molecule has 1 saturated heterocycles. The largest absolute Gasteiger partial charge is 0.463 e. The smallest absolute Gasteiger partial charge is 0.336 e. The first-order chi connectivity index (χ1) is 21.3. The zero-order chi connectivity index (χ0) is 31.1. The summed E-state index contributed by atoms with van der Waals surface area (Å²) < 4.78 is 19.0. The van der Waals surface area contributed by atoms with Gasteiger partial charge in [-0.2, -0.15) is 0 Å². The lowest BCUT2D eigenvalue weighted by Gasteiger charge is -2.35. The third-order valence-electron chi connectivity index (χ3n) is 8.24. The Morgan fingerprint density at radius 3 is 2.39 bits per heavy atom. The van der Waals surface area contributed by atoms with Crippen molar-refractivity contribution in [1.29, 1.82) is 0 Å². The molecule has 2 aliphatic heterocycles. The summed E-state index contributed by atoms with van der Waals surface area (Å²) in [4.78, 5) is 45.7.